The maximum absolute atomic E-state index is 12.1. The summed E-state index contributed by atoms with van der Waals surface area (Å²) >= 11 is 3.43. The fourth-order valence-electron chi connectivity index (χ4n) is 5.22. The van der Waals surface area contributed by atoms with E-state index in [2.05, 4.69) is 35.9 Å². The number of imidazole rings is 1. The Labute approximate surface area is 224 Å². The molecule has 196 valence electrons. The first-order valence-corrected chi connectivity index (χ1v) is 12.7. The third-order valence-electron chi connectivity index (χ3n) is 6.78. The van der Waals surface area contributed by atoms with E-state index in [0.29, 0.717) is 29.8 Å². The summed E-state index contributed by atoms with van der Waals surface area (Å²) in [6, 6.07) is 7.67. The second-order valence-corrected chi connectivity index (χ2v) is 10.3. The molecule has 4 aromatic rings. The predicted molar refractivity (Wildman–Crippen MR) is 137 cm³/mol. The normalized spacial score (nSPS) is 26.4. The van der Waals surface area contributed by atoms with Crippen molar-refractivity contribution >= 4 is 55.8 Å². The third kappa shape index (κ3) is 4.21. The second-order valence-electron chi connectivity index (χ2n) is 9.42. The molecule has 13 heteroatoms. The largest absolute Gasteiger partial charge is 0.490 e. The van der Waals surface area contributed by atoms with Crippen molar-refractivity contribution in [1.82, 2.24) is 24.5 Å². The minimum atomic E-state index is -0.950. The Balaban J connectivity index is 1.29. The van der Waals surface area contributed by atoms with Crippen LogP contribution in [0.3, 0.4) is 0 Å². The van der Waals surface area contributed by atoms with Gasteiger partial charge in [0.1, 0.15) is 29.3 Å². The minimum absolute atomic E-state index is 0.205. The van der Waals surface area contributed by atoms with Crippen LogP contribution in [-0.4, -0.2) is 60.4 Å². The number of carbonyl (C=O) groups is 2. The van der Waals surface area contributed by atoms with E-state index in [-0.39, 0.29) is 11.9 Å². The second kappa shape index (κ2) is 9.17. The summed E-state index contributed by atoms with van der Waals surface area (Å²) in [6.07, 6.45) is 2.41. The number of pyridine rings is 1. The standard InChI is InChI=1S/C25H23BrN6O6/c1-12(33)35-20-21(36-13(2)34)25(38-24(20)32-11-31-19-22(27)29-10-30-23(19)32)7-17(8-25)37-16-4-3-14-5-15(26)9-28-18(14)6-16/h3-6,9-11,17,20-21,24H,7-8H2,1-2H3,(H2,27,29,30)/t17?,20-,21+,24-,25?/m1/s1. The highest BCUT2D eigenvalue weighted by atomic mass is 79.9. The molecule has 1 spiro atoms. The van der Waals surface area contributed by atoms with Crippen LogP contribution in [0.4, 0.5) is 5.82 Å². The minimum Gasteiger partial charge on any atom is -0.490 e. The Bertz CT molecular complexity index is 1570. The van der Waals surface area contributed by atoms with Gasteiger partial charge in [-0.05, 0) is 34.1 Å². The molecule has 2 fully saturated rings. The van der Waals surface area contributed by atoms with Crippen molar-refractivity contribution in [3.63, 3.8) is 0 Å². The van der Waals surface area contributed by atoms with Crippen molar-refractivity contribution in [2.24, 2.45) is 0 Å². The molecule has 6 rings (SSSR count). The number of nitrogens with two attached hydrogens (primary N) is 1. The first-order chi connectivity index (χ1) is 18.2. The number of aromatic nitrogens is 5. The van der Waals surface area contributed by atoms with Crippen molar-refractivity contribution in [3.8, 4) is 5.75 Å². The Morgan fingerprint density at radius 3 is 2.66 bits per heavy atom. The molecule has 0 unspecified atom stereocenters. The van der Waals surface area contributed by atoms with E-state index in [1.54, 1.807) is 10.8 Å². The van der Waals surface area contributed by atoms with E-state index < -0.39 is 36.0 Å². The van der Waals surface area contributed by atoms with Gasteiger partial charge in [0.2, 0.25) is 0 Å². The Morgan fingerprint density at radius 2 is 1.89 bits per heavy atom. The lowest BCUT2D eigenvalue weighted by atomic mass is 9.73. The highest BCUT2D eigenvalue weighted by Gasteiger charge is 2.66. The number of hydrogen-bond acceptors (Lipinski definition) is 11. The summed E-state index contributed by atoms with van der Waals surface area (Å²) in [7, 11) is 0. The van der Waals surface area contributed by atoms with Crippen molar-refractivity contribution < 1.29 is 28.5 Å². The van der Waals surface area contributed by atoms with Crippen molar-refractivity contribution in [2.45, 2.75) is 56.8 Å². The summed E-state index contributed by atoms with van der Waals surface area (Å²) in [5.41, 5.74) is 6.60. The highest BCUT2D eigenvalue weighted by Crippen LogP contribution is 2.53. The average Bonchev–Trinajstić information content (AvgIpc) is 3.39. The number of nitrogens with zero attached hydrogens (tertiary/aromatic N) is 5. The van der Waals surface area contributed by atoms with E-state index in [4.69, 9.17) is 24.7 Å². The number of benzene rings is 1. The van der Waals surface area contributed by atoms with Crippen LogP contribution in [0.2, 0.25) is 0 Å². The number of carbonyl (C=O) groups excluding carboxylic acids is 2. The molecule has 2 aliphatic rings. The predicted octanol–water partition coefficient (Wildman–Crippen LogP) is 3.09. The number of anilines is 1. The van der Waals surface area contributed by atoms with E-state index in [9.17, 15) is 9.59 Å². The van der Waals surface area contributed by atoms with E-state index in [1.807, 2.05) is 24.3 Å². The number of esters is 2. The van der Waals surface area contributed by atoms with Gasteiger partial charge in [-0.15, -0.1) is 0 Å². The lowest BCUT2D eigenvalue weighted by molar-refractivity contribution is -0.197. The number of nitrogen functional groups attached to an aromatic ring is 1. The summed E-state index contributed by atoms with van der Waals surface area (Å²) in [5, 5.41) is 0.981. The van der Waals surface area contributed by atoms with Crippen molar-refractivity contribution in [3.05, 3.63) is 47.6 Å². The topological polar surface area (TPSA) is 154 Å². The first-order valence-electron chi connectivity index (χ1n) is 11.9. The molecule has 3 aromatic heterocycles. The van der Waals surface area contributed by atoms with Crippen LogP contribution in [0.25, 0.3) is 22.1 Å². The molecular weight excluding hydrogens is 560 g/mol. The molecule has 1 aromatic carbocycles. The third-order valence-corrected chi connectivity index (χ3v) is 7.21. The summed E-state index contributed by atoms with van der Waals surface area (Å²) in [4.78, 5) is 41.2. The molecule has 1 aliphatic carbocycles. The number of ether oxygens (including phenoxy) is 4. The van der Waals surface area contributed by atoms with Crippen LogP contribution in [0.15, 0.2) is 47.6 Å². The zero-order valence-corrected chi connectivity index (χ0v) is 22.0. The van der Waals surface area contributed by atoms with Gasteiger partial charge < -0.3 is 24.7 Å². The maximum atomic E-state index is 12.1. The van der Waals surface area contributed by atoms with Gasteiger partial charge in [0.05, 0.1) is 11.8 Å². The molecule has 1 saturated heterocycles. The zero-order chi connectivity index (χ0) is 26.6. The highest BCUT2D eigenvalue weighted by molar-refractivity contribution is 9.10. The summed E-state index contributed by atoms with van der Waals surface area (Å²) < 4.78 is 26.6. The summed E-state index contributed by atoms with van der Waals surface area (Å²) in [6.45, 7) is 2.59. The number of fused-ring (bicyclic) bond motifs is 2. The van der Waals surface area contributed by atoms with E-state index >= 15 is 0 Å². The van der Waals surface area contributed by atoms with E-state index in [1.165, 1.54) is 26.5 Å². The molecule has 0 radical (unpaired) electrons. The molecule has 4 heterocycles. The van der Waals surface area contributed by atoms with Gasteiger partial charge in [0.15, 0.2) is 29.9 Å². The molecule has 1 aliphatic heterocycles. The average molecular weight is 583 g/mol. The lowest BCUT2D eigenvalue weighted by Gasteiger charge is -2.46. The van der Waals surface area contributed by atoms with Gasteiger partial charge in [-0.2, -0.15) is 0 Å². The number of rotatable bonds is 5. The molecule has 38 heavy (non-hydrogen) atoms. The summed E-state index contributed by atoms with van der Waals surface area (Å²) in [5.74, 6) is -0.195. The zero-order valence-electron chi connectivity index (χ0n) is 20.4. The Kier molecular flexibility index (Phi) is 5.91. The van der Waals surface area contributed by atoms with Gasteiger partial charge in [0, 0.05) is 48.8 Å². The first kappa shape index (κ1) is 24.5. The molecule has 1 saturated carbocycles. The van der Waals surface area contributed by atoms with Crippen LogP contribution >= 0.6 is 15.9 Å². The van der Waals surface area contributed by atoms with E-state index in [0.717, 1.165) is 15.4 Å². The molecule has 0 bridgehead atoms. The van der Waals surface area contributed by atoms with Gasteiger partial charge in [0.25, 0.3) is 0 Å². The number of hydrogen-bond donors (Lipinski definition) is 1. The van der Waals surface area contributed by atoms with Gasteiger partial charge in [-0.3, -0.25) is 19.1 Å². The maximum Gasteiger partial charge on any atom is 0.303 e. The quantitative estimate of drug-likeness (QED) is 0.345. The van der Waals surface area contributed by atoms with Crippen LogP contribution in [0, 0.1) is 0 Å². The molecular formula is C25H23BrN6O6. The van der Waals surface area contributed by atoms with Crippen molar-refractivity contribution in [2.75, 3.05) is 5.73 Å². The monoisotopic (exact) mass is 582 g/mol. The Morgan fingerprint density at radius 1 is 1.11 bits per heavy atom. The smallest absolute Gasteiger partial charge is 0.303 e. The molecule has 0 amide bonds. The fraction of sp³-hybridized carbons (Fsp3) is 0.360. The van der Waals surface area contributed by atoms with Crippen LogP contribution in [0.1, 0.15) is 32.9 Å². The van der Waals surface area contributed by atoms with Crippen LogP contribution in [-0.2, 0) is 23.8 Å². The Hall–Kier alpha value is -3.84. The van der Waals surface area contributed by atoms with Gasteiger partial charge in [-0.1, -0.05) is 0 Å². The molecule has 2 N–H and O–H groups in total. The fourth-order valence-corrected chi connectivity index (χ4v) is 5.57. The number of halogens is 1. The van der Waals surface area contributed by atoms with Gasteiger partial charge >= 0.3 is 11.9 Å². The van der Waals surface area contributed by atoms with Crippen LogP contribution < -0.4 is 10.5 Å². The lowest BCUT2D eigenvalue weighted by Crippen LogP contribution is -2.58. The molecule has 3 atom stereocenters. The van der Waals surface area contributed by atoms with Crippen LogP contribution in [0.5, 0.6) is 5.75 Å². The van der Waals surface area contributed by atoms with Crippen molar-refractivity contribution in [1.29, 1.82) is 0 Å². The SMILES string of the molecule is CC(=O)O[C@H]1[C@H](n2cnc3c(N)ncnc32)OC2(CC(Oc3ccc4cc(Br)cnc4c3)C2)[C@H]1OC(C)=O. The molecule has 12 nitrogen and oxygen atoms in total. The van der Waals surface area contributed by atoms with Gasteiger partial charge in [-0.25, -0.2) is 15.0 Å².